The van der Waals surface area contributed by atoms with Gasteiger partial charge in [0.1, 0.15) is 4.90 Å². The van der Waals surface area contributed by atoms with Gasteiger partial charge in [-0.25, -0.2) is 8.42 Å². The topological polar surface area (TPSA) is 78.0 Å². The molecule has 3 aliphatic heterocycles. The molecule has 7 nitrogen and oxygen atoms in total. The van der Waals surface area contributed by atoms with Crippen LogP contribution >= 0.6 is 11.6 Å². The van der Waals surface area contributed by atoms with Crippen LogP contribution in [0.5, 0.6) is 0 Å². The molecule has 3 saturated heterocycles. The van der Waals surface area contributed by atoms with Crippen molar-refractivity contribution in [1.29, 1.82) is 0 Å². The maximum atomic E-state index is 13.1. The van der Waals surface area contributed by atoms with Crippen LogP contribution < -0.4 is 0 Å². The quantitative estimate of drug-likeness (QED) is 0.660. The number of nitrogens with zero attached hydrogens (tertiary/aromatic N) is 3. The zero-order valence-electron chi connectivity index (χ0n) is 18.5. The number of amides is 2. The summed E-state index contributed by atoms with van der Waals surface area (Å²) in [4.78, 5) is 29.6. The van der Waals surface area contributed by atoms with Crippen LogP contribution in [0, 0.1) is 5.92 Å². The second-order valence-electron chi connectivity index (χ2n) is 9.06. The highest BCUT2D eigenvalue weighted by Crippen LogP contribution is 2.29. The first-order valence-electron chi connectivity index (χ1n) is 11.8. The third kappa shape index (κ3) is 4.97. The Bertz CT molecular complexity index is 948. The fraction of sp³-hybridized carbons (Fsp3) is 0.652. The Hall–Kier alpha value is -1.64. The van der Waals surface area contributed by atoms with E-state index < -0.39 is 10.0 Å². The van der Waals surface area contributed by atoms with Crippen LogP contribution in [0.3, 0.4) is 0 Å². The molecule has 4 rings (SSSR count). The van der Waals surface area contributed by atoms with E-state index in [2.05, 4.69) is 0 Å². The fourth-order valence-corrected chi connectivity index (χ4v) is 6.98. The molecule has 0 atom stereocenters. The Kier molecular flexibility index (Phi) is 7.42. The summed E-state index contributed by atoms with van der Waals surface area (Å²) in [7, 11) is -3.73. The number of carbonyl (C=O) groups is 2. The van der Waals surface area contributed by atoms with E-state index in [-0.39, 0.29) is 27.7 Å². The minimum atomic E-state index is -3.73. The van der Waals surface area contributed by atoms with Gasteiger partial charge in [-0.2, -0.15) is 4.31 Å². The zero-order valence-corrected chi connectivity index (χ0v) is 20.0. The standard InChI is InChI=1S/C23H32ClN3O4S/c24-20-8-7-19(17-21(20)32(30,31)27-13-5-2-6-14-27)23(29)26-15-9-18(10-16-26)22(28)25-11-3-1-4-12-25/h7-8,17-18H,1-6,9-16H2. The molecule has 9 heteroatoms. The molecule has 0 saturated carbocycles. The molecule has 0 radical (unpaired) electrons. The van der Waals surface area contributed by atoms with Crippen LogP contribution in [0.1, 0.15) is 61.7 Å². The van der Waals surface area contributed by atoms with Gasteiger partial charge in [0.05, 0.1) is 5.02 Å². The van der Waals surface area contributed by atoms with Crippen LogP contribution in [0.15, 0.2) is 23.1 Å². The van der Waals surface area contributed by atoms with E-state index in [0.717, 1.165) is 45.2 Å². The molecule has 1 aromatic rings. The number of benzene rings is 1. The van der Waals surface area contributed by atoms with E-state index in [4.69, 9.17) is 11.6 Å². The minimum Gasteiger partial charge on any atom is -0.342 e. The van der Waals surface area contributed by atoms with E-state index in [1.54, 1.807) is 11.0 Å². The highest BCUT2D eigenvalue weighted by molar-refractivity contribution is 7.89. The van der Waals surface area contributed by atoms with Crippen molar-refractivity contribution in [1.82, 2.24) is 14.1 Å². The van der Waals surface area contributed by atoms with Gasteiger partial charge in [0.25, 0.3) is 5.91 Å². The Morgan fingerprint density at radius 3 is 2.03 bits per heavy atom. The van der Waals surface area contributed by atoms with E-state index in [0.29, 0.717) is 44.6 Å². The zero-order chi connectivity index (χ0) is 22.7. The van der Waals surface area contributed by atoms with E-state index in [1.807, 2.05) is 4.90 Å². The van der Waals surface area contributed by atoms with Crippen LogP contribution in [0.2, 0.25) is 5.02 Å². The molecule has 32 heavy (non-hydrogen) atoms. The Balaban J connectivity index is 1.43. The maximum absolute atomic E-state index is 13.1. The predicted molar refractivity (Wildman–Crippen MR) is 123 cm³/mol. The summed E-state index contributed by atoms with van der Waals surface area (Å²) >= 11 is 6.25. The van der Waals surface area contributed by atoms with Gasteiger partial charge in [0.15, 0.2) is 0 Å². The van der Waals surface area contributed by atoms with Gasteiger partial charge >= 0.3 is 0 Å². The SMILES string of the molecule is O=C(c1ccc(Cl)c(S(=O)(=O)N2CCCCC2)c1)N1CCC(C(=O)N2CCCCC2)CC1. The molecule has 0 N–H and O–H groups in total. The molecule has 2 amide bonds. The highest BCUT2D eigenvalue weighted by atomic mass is 35.5. The second kappa shape index (κ2) is 10.1. The number of piperidine rings is 3. The number of rotatable bonds is 4. The summed E-state index contributed by atoms with van der Waals surface area (Å²) < 4.78 is 27.7. The maximum Gasteiger partial charge on any atom is 0.253 e. The molecule has 1 aromatic carbocycles. The molecule has 0 bridgehead atoms. The van der Waals surface area contributed by atoms with Crippen molar-refractivity contribution >= 4 is 33.4 Å². The normalized spacial score (nSPS) is 21.5. The Morgan fingerprint density at radius 1 is 0.812 bits per heavy atom. The molecule has 3 aliphatic rings. The van der Waals surface area contributed by atoms with Gasteiger partial charge in [-0.15, -0.1) is 0 Å². The minimum absolute atomic E-state index is 0.00192. The predicted octanol–water partition coefficient (Wildman–Crippen LogP) is 3.38. The smallest absolute Gasteiger partial charge is 0.253 e. The van der Waals surface area contributed by atoms with Crippen molar-refractivity contribution in [3.63, 3.8) is 0 Å². The number of carbonyl (C=O) groups excluding carboxylic acids is 2. The molecule has 3 heterocycles. The van der Waals surface area contributed by atoms with E-state index >= 15 is 0 Å². The lowest BCUT2D eigenvalue weighted by molar-refractivity contribution is -0.137. The van der Waals surface area contributed by atoms with Gasteiger partial charge in [0.2, 0.25) is 15.9 Å². The number of likely N-dealkylation sites (tertiary alicyclic amines) is 2. The van der Waals surface area contributed by atoms with Crippen molar-refractivity contribution in [2.24, 2.45) is 5.92 Å². The first-order chi connectivity index (χ1) is 15.4. The van der Waals surface area contributed by atoms with Crippen molar-refractivity contribution in [2.45, 2.75) is 56.3 Å². The monoisotopic (exact) mass is 481 g/mol. The van der Waals surface area contributed by atoms with Crippen molar-refractivity contribution in [3.05, 3.63) is 28.8 Å². The first kappa shape index (κ1) is 23.5. The molecular weight excluding hydrogens is 450 g/mol. The summed E-state index contributed by atoms with van der Waals surface area (Å²) in [6, 6.07) is 4.50. The highest BCUT2D eigenvalue weighted by Gasteiger charge is 2.32. The van der Waals surface area contributed by atoms with Crippen LogP contribution in [-0.4, -0.2) is 73.6 Å². The van der Waals surface area contributed by atoms with Gasteiger partial charge < -0.3 is 9.80 Å². The molecule has 0 spiro atoms. The lowest BCUT2D eigenvalue weighted by Gasteiger charge is -2.35. The van der Waals surface area contributed by atoms with Crippen LogP contribution in [0.4, 0.5) is 0 Å². The number of halogens is 1. The summed E-state index contributed by atoms with van der Waals surface area (Å²) in [5.41, 5.74) is 0.325. The first-order valence-corrected chi connectivity index (χ1v) is 13.6. The fourth-order valence-electron chi connectivity index (χ4n) is 4.96. The molecule has 0 aromatic heterocycles. The van der Waals surface area contributed by atoms with E-state index in [9.17, 15) is 18.0 Å². The third-order valence-electron chi connectivity index (χ3n) is 6.91. The summed E-state index contributed by atoms with van der Waals surface area (Å²) in [5, 5.41) is 0.137. The van der Waals surface area contributed by atoms with Gasteiger partial charge in [-0.05, 0) is 63.1 Å². The molecule has 3 fully saturated rings. The number of hydrogen-bond donors (Lipinski definition) is 0. The van der Waals surface area contributed by atoms with Crippen molar-refractivity contribution in [3.8, 4) is 0 Å². The summed E-state index contributed by atoms with van der Waals surface area (Å²) in [5.74, 6) is -0.0174. The number of hydrogen-bond acceptors (Lipinski definition) is 4. The van der Waals surface area contributed by atoms with Gasteiger partial charge in [-0.1, -0.05) is 18.0 Å². The second-order valence-corrected chi connectivity index (χ2v) is 11.4. The summed E-state index contributed by atoms with van der Waals surface area (Å²) in [6.45, 7) is 3.65. The number of sulfonamides is 1. The largest absolute Gasteiger partial charge is 0.342 e. The van der Waals surface area contributed by atoms with Gasteiger partial charge in [0, 0.05) is 50.7 Å². The Morgan fingerprint density at radius 2 is 1.41 bits per heavy atom. The van der Waals surface area contributed by atoms with Crippen LogP contribution in [0.25, 0.3) is 0 Å². The van der Waals surface area contributed by atoms with Crippen molar-refractivity contribution in [2.75, 3.05) is 39.3 Å². The molecule has 0 aliphatic carbocycles. The third-order valence-corrected chi connectivity index (χ3v) is 9.29. The Labute approximate surface area is 195 Å². The molecule has 176 valence electrons. The average molecular weight is 482 g/mol. The lowest BCUT2D eigenvalue weighted by Crippen LogP contribution is -2.45. The van der Waals surface area contributed by atoms with Gasteiger partial charge in [-0.3, -0.25) is 9.59 Å². The van der Waals surface area contributed by atoms with Crippen molar-refractivity contribution < 1.29 is 18.0 Å². The van der Waals surface area contributed by atoms with E-state index in [1.165, 1.54) is 22.9 Å². The summed E-state index contributed by atoms with van der Waals surface area (Å²) in [6.07, 6.45) is 7.31. The average Bonchev–Trinajstić information content (AvgIpc) is 2.84. The van der Waals surface area contributed by atoms with Crippen LogP contribution in [-0.2, 0) is 14.8 Å². The lowest BCUT2D eigenvalue weighted by atomic mass is 9.94. The molecule has 0 unspecified atom stereocenters. The molecular formula is C23H32ClN3O4S.